The molecule has 0 aliphatic rings. The highest BCUT2D eigenvalue weighted by Crippen LogP contribution is 2.24. The van der Waals surface area contributed by atoms with Gasteiger partial charge in [0, 0.05) is 11.1 Å². The number of aliphatic imine (C=N–C) groups is 1. The first-order chi connectivity index (χ1) is 16.9. The molecule has 0 aliphatic heterocycles. The monoisotopic (exact) mass is 486 g/mol. The van der Waals surface area contributed by atoms with Crippen LogP contribution in [-0.4, -0.2) is 29.0 Å². The Balaban J connectivity index is 1.94. The molecule has 3 rings (SSSR count). The fraction of sp³-hybridized carbons (Fsp3) is 0.300. The van der Waals surface area contributed by atoms with Crippen molar-refractivity contribution >= 4 is 23.5 Å². The Bertz CT molecular complexity index is 1150. The summed E-state index contributed by atoms with van der Waals surface area (Å²) in [6, 6.07) is 26.0. The van der Waals surface area contributed by atoms with Gasteiger partial charge in [-0.05, 0) is 59.2 Å². The van der Waals surface area contributed by atoms with E-state index in [4.69, 9.17) is 14.5 Å². The van der Waals surface area contributed by atoms with Crippen LogP contribution in [-0.2, 0) is 14.3 Å². The zero-order valence-electron chi connectivity index (χ0n) is 21.7. The number of carbonyl (C=O) groups excluding carboxylic acids is 2. The Morgan fingerprint density at radius 2 is 1.17 bits per heavy atom. The van der Waals surface area contributed by atoms with Gasteiger partial charge in [-0.15, -0.1) is 0 Å². The largest absolute Gasteiger partial charge is 0.458 e. The second-order valence-electron chi connectivity index (χ2n) is 10.4. The molecule has 1 amide bonds. The molecule has 0 spiro atoms. The van der Waals surface area contributed by atoms with E-state index in [0.29, 0.717) is 11.3 Å². The van der Waals surface area contributed by atoms with Crippen molar-refractivity contribution in [3.63, 3.8) is 0 Å². The Morgan fingerprint density at radius 1 is 0.694 bits per heavy atom. The molecule has 0 bridgehead atoms. The first-order valence-corrected chi connectivity index (χ1v) is 11.9. The van der Waals surface area contributed by atoms with Crippen molar-refractivity contribution in [1.82, 2.24) is 5.32 Å². The molecule has 1 N–H and O–H groups in total. The minimum absolute atomic E-state index is 0.565. The van der Waals surface area contributed by atoms with Crippen LogP contribution < -0.4 is 5.32 Å². The summed E-state index contributed by atoms with van der Waals surface area (Å²) in [5.74, 6) is -0.570. The maximum absolute atomic E-state index is 13.0. The zero-order valence-corrected chi connectivity index (χ0v) is 21.7. The number of amides is 1. The molecule has 0 aliphatic carbocycles. The topological polar surface area (TPSA) is 77.0 Å². The summed E-state index contributed by atoms with van der Waals surface area (Å²) in [6.45, 7) is 10.6. The second kappa shape index (κ2) is 11.2. The summed E-state index contributed by atoms with van der Waals surface area (Å²) < 4.78 is 10.9. The lowest BCUT2D eigenvalue weighted by Crippen LogP contribution is -2.40. The zero-order chi connectivity index (χ0) is 26.3. The van der Waals surface area contributed by atoms with Crippen molar-refractivity contribution in [3.05, 3.63) is 102 Å². The Labute approximate surface area is 213 Å². The molecule has 6 heteroatoms. The summed E-state index contributed by atoms with van der Waals surface area (Å²) in [5, 5.41) is 2.65. The van der Waals surface area contributed by atoms with Crippen molar-refractivity contribution in [2.75, 3.05) is 0 Å². The standard InChI is InChI=1S/C30H34N2O4/c1-29(2,3)35-27(33)26(32-28(34)36-30(4,5)6)23-17-19-24(20-18-23)31-25(21-13-9-7-10-14-21)22-15-11-8-12-16-22/h7-20,26H,1-6H3,(H,32,34). The van der Waals surface area contributed by atoms with Gasteiger partial charge in [0.25, 0.3) is 0 Å². The third-order valence-electron chi connectivity index (χ3n) is 4.87. The molecule has 0 saturated carbocycles. The van der Waals surface area contributed by atoms with E-state index in [0.717, 1.165) is 16.8 Å². The van der Waals surface area contributed by atoms with Crippen LogP contribution in [0.2, 0.25) is 0 Å². The fourth-order valence-corrected chi connectivity index (χ4v) is 3.42. The molecular formula is C30H34N2O4. The van der Waals surface area contributed by atoms with Crippen molar-refractivity contribution < 1.29 is 19.1 Å². The Kier molecular flexibility index (Phi) is 8.30. The number of carbonyl (C=O) groups is 2. The SMILES string of the molecule is CC(C)(C)OC(=O)NC(C(=O)OC(C)(C)C)c1ccc(N=C(c2ccccc2)c2ccccc2)cc1. The van der Waals surface area contributed by atoms with E-state index in [-0.39, 0.29) is 0 Å². The molecular weight excluding hydrogens is 452 g/mol. The molecule has 36 heavy (non-hydrogen) atoms. The van der Waals surface area contributed by atoms with Gasteiger partial charge in [0.05, 0.1) is 11.4 Å². The highest BCUT2D eigenvalue weighted by Gasteiger charge is 2.30. The predicted octanol–water partition coefficient (Wildman–Crippen LogP) is 6.76. The molecule has 188 valence electrons. The lowest BCUT2D eigenvalue weighted by Gasteiger charge is -2.26. The van der Waals surface area contributed by atoms with Crippen LogP contribution in [0.5, 0.6) is 0 Å². The molecule has 3 aromatic carbocycles. The Hall–Kier alpha value is -3.93. The number of alkyl carbamates (subject to hydrolysis) is 1. The molecule has 6 nitrogen and oxygen atoms in total. The van der Waals surface area contributed by atoms with Crippen LogP contribution in [0.3, 0.4) is 0 Å². The lowest BCUT2D eigenvalue weighted by molar-refractivity contribution is -0.157. The van der Waals surface area contributed by atoms with Gasteiger partial charge in [0.15, 0.2) is 6.04 Å². The maximum atomic E-state index is 13.0. The van der Waals surface area contributed by atoms with Gasteiger partial charge in [-0.1, -0.05) is 72.8 Å². The van der Waals surface area contributed by atoms with Gasteiger partial charge >= 0.3 is 12.1 Å². The predicted molar refractivity (Wildman–Crippen MR) is 143 cm³/mol. The maximum Gasteiger partial charge on any atom is 0.408 e. The quantitative estimate of drug-likeness (QED) is 0.308. The van der Waals surface area contributed by atoms with Crippen molar-refractivity contribution in [2.24, 2.45) is 4.99 Å². The van der Waals surface area contributed by atoms with Crippen LogP contribution in [0.25, 0.3) is 0 Å². The molecule has 1 unspecified atom stereocenters. The van der Waals surface area contributed by atoms with Crippen LogP contribution in [0.15, 0.2) is 89.9 Å². The normalized spacial score (nSPS) is 12.3. The van der Waals surface area contributed by atoms with Crippen molar-refractivity contribution in [1.29, 1.82) is 0 Å². The molecule has 3 aromatic rings. The van der Waals surface area contributed by atoms with Gasteiger partial charge in [-0.2, -0.15) is 0 Å². The highest BCUT2D eigenvalue weighted by atomic mass is 16.6. The summed E-state index contributed by atoms with van der Waals surface area (Å²) in [6.07, 6.45) is -0.698. The number of hydrogen-bond donors (Lipinski definition) is 1. The number of nitrogens with one attached hydrogen (secondary N) is 1. The Morgan fingerprint density at radius 3 is 1.61 bits per heavy atom. The second-order valence-corrected chi connectivity index (χ2v) is 10.4. The van der Waals surface area contributed by atoms with Crippen LogP contribution >= 0.6 is 0 Å². The molecule has 1 atom stereocenters. The fourth-order valence-electron chi connectivity index (χ4n) is 3.42. The highest BCUT2D eigenvalue weighted by molar-refractivity contribution is 6.13. The summed E-state index contributed by atoms with van der Waals surface area (Å²) in [5.41, 5.74) is 2.68. The molecule has 0 aromatic heterocycles. The van der Waals surface area contributed by atoms with E-state index >= 15 is 0 Å². The van der Waals surface area contributed by atoms with E-state index in [1.807, 2.05) is 72.8 Å². The number of ether oxygens (including phenoxy) is 2. The average Bonchev–Trinajstić information content (AvgIpc) is 2.80. The summed E-state index contributed by atoms with van der Waals surface area (Å²) in [7, 11) is 0. The third-order valence-corrected chi connectivity index (χ3v) is 4.87. The average molecular weight is 487 g/mol. The summed E-state index contributed by atoms with van der Waals surface area (Å²) in [4.78, 5) is 30.4. The molecule has 0 heterocycles. The van der Waals surface area contributed by atoms with Gasteiger partial charge in [-0.25, -0.2) is 14.6 Å². The minimum atomic E-state index is -1.03. The first-order valence-electron chi connectivity index (χ1n) is 11.9. The molecule has 0 saturated heterocycles. The first kappa shape index (κ1) is 26.7. The van der Waals surface area contributed by atoms with Crippen LogP contribution in [0, 0.1) is 0 Å². The van der Waals surface area contributed by atoms with Gasteiger partial charge in [-0.3, -0.25) is 0 Å². The van der Waals surface area contributed by atoms with Crippen molar-refractivity contribution in [2.45, 2.75) is 58.8 Å². The van der Waals surface area contributed by atoms with E-state index in [2.05, 4.69) is 5.32 Å². The number of rotatable bonds is 6. The van der Waals surface area contributed by atoms with Gasteiger partial charge in [0.2, 0.25) is 0 Å². The number of hydrogen-bond acceptors (Lipinski definition) is 5. The number of esters is 1. The van der Waals surface area contributed by atoms with E-state index in [1.165, 1.54) is 0 Å². The van der Waals surface area contributed by atoms with Gasteiger partial charge < -0.3 is 14.8 Å². The summed E-state index contributed by atoms with van der Waals surface area (Å²) >= 11 is 0. The minimum Gasteiger partial charge on any atom is -0.458 e. The smallest absolute Gasteiger partial charge is 0.408 e. The number of nitrogens with zero attached hydrogens (tertiary/aromatic N) is 1. The third kappa shape index (κ3) is 8.08. The van der Waals surface area contributed by atoms with Gasteiger partial charge in [0.1, 0.15) is 11.2 Å². The lowest BCUT2D eigenvalue weighted by atomic mass is 10.0. The van der Waals surface area contributed by atoms with Crippen LogP contribution in [0.1, 0.15) is 64.3 Å². The van der Waals surface area contributed by atoms with Crippen LogP contribution in [0.4, 0.5) is 10.5 Å². The van der Waals surface area contributed by atoms with Crippen molar-refractivity contribution in [3.8, 4) is 0 Å². The molecule has 0 fully saturated rings. The number of benzene rings is 3. The van der Waals surface area contributed by atoms with E-state index in [1.54, 1.807) is 53.7 Å². The van der Waals surface area contributed by atoms with E-state index in [9.17, 15) is 9.59 Å². The molecule has 0 radical (unpaired) electrons. The van der Waals surface area contributed by atoms with E-state index < -0.39 is 29.3 Å².